The molecular weight excluding hydrogens is 448 g/mol. The Morgan fingerprint density at radius 3 is 2.26 bits per heavy atom. The molecule has 0 fully saturated rings. The van der Waals surface area contributed by atoms with Gasteiger partial charge in [-0.3, -0.25) is 14.9 Å². The lowest BCUT2D eigenvalue weighted by molar-refractivity contribution is -0.112. The van der Waals surface area contributed by atoms with Crippen molar-refractivity contribution in [2.45, 2.75) is 52.9 Å². The van der Waals surface area contributed by atoms with E-state index in [0.717, 1.165) is 0 Å². The summed E-state index contributed by atoms with van der Waals surface area (Å²) in [6.45, 7) is 10.2. The summed E-state index contributed by atoms with van der Waals surface area (Å²) >= 11 is 0. The maximum absolute atomic E-state index is 13.0. The number of nitrogens with one attached hydrogen (secondary N) is 2. The van der Waals surface area contributed by atoms with Crippen LogP contribution in [0.15, 0.2) is 42.5 Å². The van der Waals surface area contributed by atoms with Gasteiger partial charge in [0, 0.05) is 28.9 Å². The van der Waals surface area contributed by atoms with Crippen LogP contribution in [0.1, 0.15) is 72.9 Å². The largest absolute Gasteiger partial charge is 0.444 e. The van der Waals surface area contributed by atoms with Crippen molar-refractivity contribution >= 4 is 23.3 Å². The van der Waals surface area contributed by atoms with Crippen LogP contribution >= 0.6 is 0 Å². The first-order valence-electron chi connectivity index (χ1n) is 11.8. The van der Waals surface area contributed by atoms with Crippen LogP contribution in [0.4, 0.5) is 10.5 Å². The van der Waals surface area contributed by atoms with Gasteiger partial charge in [-0.25, -0.2) is 4.79 Å². The minimum atomic E-state index is -0.589. The predicted molar refractivity (Wildman–Crippen MR) is 133 cm³/mol. The van der Waals surface area contributed by atoms with E-state index in [1.54, 1.807) is 63.2 Å². The lowest BCUT2D eigenvalue weighted by Gasteiger charge is -2.25. The van der Waals surface area contributed by atoms with E-state index in [-0.39, 0.29) is 24.3 Å². The van der Waals surface area contributed by atoms with Crippen LogP contribution in [0, 0.1) is 5.92 Å². The third kappa shape index (κ3) is 6.90. The van der Waals surface area contributed by atoms with Gasteiger partial charge < -0.3 is 19.5 Å². The molecule has 35 heavy (non-hydrogen) atoms. The van der Waals surface area contributed by atoms with Gasteiger partial charge >= 0.3 is 6.09 Å². The van der Waals surface area contributed by atoms with Crippen LogP contribution in [0.3, 0.4) is 0 Å². The van der Waals surface area contributed by atoms with E-state index in [1.165, 1.54) is 0 Å². The number of ether oxygens (including phenoxy) is 3. The van der Waals surface area contributed by atoms with Gasteiger partial charge in [0.2, 0.25) is 0 Å². The maximum atomic E-state index is 13.0. The van der Waals surface area contributed by atoms with E-state index in [2.05, 4.69) is 10.6 Å². The number of carbonyl (C=O) groups excluding carboxylic acids is 3. The number of ketones is 2. The van der Waals surface area contributed by atoms with E-state index < -0.39 is 17.9 Å². The van der Waals surface area contributed by atoms with E-state index >= 15 is 0 Å². The summed E-state index contributed by atoms with van der Waals surface area (Å²) in [5, 5.41) is 5.96. The fourth-order valence-corrected chi connectivity index (χ4v) is 3.69. The third-order valence-corrected chi connectivity index (χ3v) is 5.33. The Labute approximate surface area is 206 Å². The molecule has 0 radical (unpaired) electrons. The Balaban J connectivity index is 1.45. The molecule has 2 N–H and O–H groups in total. The molecule has 2 aromatic rings. The fourth-order valence-electron chi connectivity index (χ4n) is 3.69. The lowest BCUT2D eigenvalue weighted by atomic mass is 9.83. The molecule has 1 aliphatic carbocycles. The standard InChI is InChI=1S/C27H34N2O6/c1-17(2)25(29-26(32)35-27(3,4)5)34-16-33-15-9-14-28-21-13-8-12-20-22(21)24(31)19-11-7-6-10-18(19)23(20)30/h6-8,10-13,17,25,28H,9,14-16H2,1-5H3,(H,29,32)/t25-/m0/s1. The smallest absolute Gasteiger partial charge is 0.409 e. The summed E-state index contributed by atoms with van der Waals surface area (Å²) < 4.78 is 16.5. The van der Waals surface area contributed by atoms with Gasteiger partial charge in [-0.05, 0) is 39.2 Å². The average Bonchev–Trinajstić information content (AvgIpc) is 2.79. The zero-order valence-corrected chi connectivity index (χ0v) is 21.0. The maximum Gasteiger partial charge on any atom is 0.409 e. The lowest BCUT2D eigenvalue weighted by Crippen LogP contribution is -2.43. The first-order chi connectivity index (χ1) is 16.6. The highest BCUT2D eigenvalue weighted by Crippen LogP contribution is 2.31. The van der Waals surface area contributed by atoms with Crippen LogP contribution in [0.2, 0.25) is 0 Å². The van der Waals surface area contributed by atoms with Gasteiger partial charge in [0.25, 0.3) is 0 Å². The van der Waals surface area contributed by atoms with Crippen LogP contribution in [-0.2, 0) is 14.2 Å². The van der Waals surface area contributed by atoms with Gasteiger partial charge in [-0.15, -0.1) is 0 Å². The summed E-state index contributed by atoms with van der Waals surface area (Å²) in [6, 6.07) is 12.2. The number of alkyl carbamates (subject to hydrolysis) is 1. The number of carbonyl (C=O) groups is 3. The van der Waals surface area contributed by atoms with Crippen molar-refractivity contribution in [3.05, 3.63) is 64.7 Å². The molecule has 3 rings (SSSR count). The summed E-state index contributed by atoms with van der Waals surface area (Å²) in [4.78, 5) is 37.9. The monoisotopic (exact) mass is 482 g/mol. The van der Waals surface area contributed by atoms with Crippen LogP contribution in [0.5, 0.6) is 0 Å². The quantitative estimate of drug-likeness (QED) is 0.317. The van der Waals surface area contributed by atoms with Crippen molar-refractivity contribution in [1.29, 1.82) is 0 Å². The molecule has 0 aromatic heterocycles. The van der Waals surface area contributed by atoms with Crippen molar-refractivity contribution in [2.75, 3.05) is 25.3 Å². The molecule has 188 valence electrons. The van der Waals surface area contributed by atoms with Crippen molar-refractivity contribution < 1.29 is 28.6 Å². The fraction of sp³-hybridized carbons (Fsp3) is 0.444. The Morgan fingerprint density at radius 2 is 1.60 bits per heavy atom. The zero-order valence-electron chi connectivity index (χ0n) is 21.0. The molecular formula is C27H34N2O6. The van der Waals surface area contributed by atoms with Gasteiger partial charge in [-0.2, -0.15) is 0 Å². The first-order valence-corrected chi connectivity index (χ1v) is 11.8. The first kappa shape index (κ1) is 26.4. The van der Waals surface area contributed by atoms with Crippen molar-refractivity contribution in [3.8, 4) is 0 Å². The minimum absolute atomic E-state index is 0.0170. The summed E-state index contributed by atoms with van der Waals surface area (Å²) in [5.74, 6) is -0.262. The number of hydrogen-bond donors (Lipinski definition) is 2. The molecule has 0 spiro atoms. The Morgan fingerprint density at radius 1 is 0.943 bits per heavy atom. The van der Waals surface area contributed by atoms with Gasteiger partial charge in [0.05, 0.1) is 12.2 Å². The van der Waals surface area contributed by atoms with Gasteiger partial charge in [0.15, 0.2) is 11.6 Å². The third-order valence-electron chi connectivity index (χ3n) is 5.33. The molecule has 8 heteroatoms. The van der Waals surface area contributed by atoms with Crippen LogP contribution < -0.4 is 10.6 Å². The summed E-state index contributed by atoms with van der Waals surface area (Å²) in [5.41, 5.74) is 1.74. The molecule has 1 atom stereocenters. The van der Waals surface area contributed by atoms with Crippen LogP contribution in [0.25, 0.3) is 0 Å². The molecule has 0 aliphatic heterocycles. The Bertz CT molecular complexity index is 1070. The number of fused-ring (bicyclic) bond motifs is 2. The van der Waals surface area contributed by atoms with Crippen molar-refractivity contribution in [1.82, 2.24) is 5.32 Å². The highest BCUT2D eigenvalue weighted by molar-refractivity contribution is 6.30. The molecule has 0 bridgehead atoms. The topological polar surface area (TPSA) is 103 Å². The van der Waals surface area contributed by atoms with E-state index in [9.17, 15) is 14.4 Å². The normalized spacial score (nSPS) is 13.8. The molecule has 0 unspecified atom stereocenters. The molecule has 2 aromatic carbocycles. The number of hydrogen-bond acceptors (Lipinski definition) is 7. The van der Waals surface area contributed by atoms with Gasteiger partial charge in [-0.1, -0.05) is 50.2 Å². The highest BCUT2D eigenvalue weighted by Gasteiger charge is 2.31. The minimum Gasteiger partial charge on any atom is -0.444 e. The second-order valence-electron chi connectivity index (χ2n) is 9.72. The van der Waals surface area contributed by atoms with Crippen molar-refractivity contribution in [2.24, 2.45) is 5.92 Å². The zero-order chi connectivity index (χ0) is 25.6. The van der Waals surface area contributed by atoms with E-state index in [4.69, 9.17) is 14.2 Å². The number of benzene rings is 2. The Hall–Kier alpha value is -3.23. The number of amides is 1. The average molecular weight is 483 g/mol. The number of anilines is 1. The van der Waals surface area contributed by atoms with Gasteiger partial charge in [0.1, 0.15) is 18.6 Å². The van der Waals surface area contributed by atoms with E-state index in [1.807, 2.05) is 13.8 Å². The second kappa shape index (κ2) is 11.5. The molecule has 1 aliphatic rings. The van der Waals surface area contributed by atoms with Crippen LogP contribution in [-0.4, -0.2) is 49.4 Å². The second-order valence-corrected chi connectivity index (χ2v) is 9.72. The molecule has 0 saturated heterocycles. The van der Waals surface area contributed by atoms with Crippen molar-refractivity contribution in [3.63, 3.8) is 0 Å². The predicted octanol–water partition coefficient (Wildman–Crippen LogP) is 4.76. The molecule has 0 saturated carbocycles. The summed E-state index contributed by atoms with van der Waals surface area (Å²) in [6.07, 6.45) is -0.426. The summed E-state index contributed by atoms with van der Waals surface area (Å²) in [7, 11) is 0. The molecule has 0 heterocycles. The van der Waals surface area contributed by atoms with E-state index in [0.29, 0.717) is 47.5 Å². The number of rotatable bonds is 10. The molecule has 8 nitrogen and oxygen atoms in total. The molecule has 1 amide bonds. The highest BCUT2D eigenvalue weighted by atomic mass is 16.7. The Kier molecular flexibility index (Phi) is 8.64. The SMILES string of the molecule is CC(C)[C@@H](NC(=O)OC(C)(C)C)OCOCCCNc1cccc2c1C(=O)c1ccccc1C2=O.